The van der Waals surface area contributed by atoms with E-state index >= 15 is 0 Å². The Morgan fingerprint density at radius 2 is 1.36 bits per heavy atom. The van der Waals surface area contributed by atoms with Crippen molar-refractivity contribution >= 4 is 52.3 Å². The zero-order valence-corrected chi connectivity index (χ0v) is 22.1. The number of halogens is 2. The highest BCUT2D eigenvalue weighted by Crippen LogP contribution is 2.49. The number of benzene rings is 3. The van der Waals surface area contributed by atoms with Crippen LogP contribution in [-0.4, -0.2) is 54.9 Å². The Bertz CT molecular complexity index is 1530. The number of carbonyl (C=O) groups is 3. The van der Waals surface area contributed by atoms with Crippen LogP contribution in [0.5, 0.6) is 17.2 Å². The molecular weight excluding hydrogens is 553 g/mol. The minimum absolute atomic E-state index is 0.0358. The second-order valence-electron chi connectivity index (χ2n) is 8.65. The quantitative estimate of drug-likeness (QED) is 0.173. The van der Waals surface area contributed by atoms with Crippen LogP contribution < -0.4 is 19.1 Å². The summed E-state index contributed by atoms with van der Waals surface area (Å²) in [6.07, 6.45) is 0. The van der Waals surface area contributed by atoms with Crippen LogP contribution in [0.4, 0.5) is 11.4 Å². The summed E-state index contributed by atoms with van der Waals surface area (Å²) in [6, 6.07) is 8.92. The summed E-state index contributed by atoms with van der Waals surface area (Å²) >= 11 is 12.4. The molecule has 0 spiro atoms. The van der Waals surface area contributed by atoms with Crippen molar-refractivity contribution in [3.8, 4) is 17.2 Å². The number of β-lactam (4-membered cyclic amide) rings is 1. The van der Waals surface area contributed by atoms with E-state index in [1.807, 2.05) is 0 Å². The standard InChI is InChI=1S/C26H19Cl2N3O8/c1-37-19-6-12(7-20(38-2)23(19)39-3)21-22(26(34)29(21)16-9-13(27)8-14(28)10-16)30-24(32)17-5-4-15(31(35)36)11-18(17)25(30)33/h4-11,21-22H,1-3H3/t21-,22-/m1/s1. The molecule has 2 heterocycles. The predicted molar refractivity (Wildman–Crippen MR) is 140 cm³/mol. The van der Waals surface area contributed by atoms with E-state index in [0.717, 1.165) is 17.0 Å². The number of nitrogens with zero attached hydrogens (tertiary/aromatic N) is 3. The van der Waals surface area contributed by atoms with E-state index in [1.165, 1.54) is 50.5 Å². The number of fused-ring (bicyclic) bond motifs is 1. The lowest BCUT2D eigenvalue weighted by Gasteiger charge is -2.50. The number of methoxy groups -OCH3 is 3. The van der Waals surface area contributed by atoms with Gasteiger partial charge in [-0.15, -0.1) is 0 Å². The largest absolute Gasteiger partial charge is 0.493 e. The first-order chi connectivity index (χ1) is 18.6. The maximum Gasteiger partial charge on any atom is 0.270 e. The van der Waals surface area contributed by atoms with E-state index in [9.17, 15) is 24.5 Å². The van der Waals surface area contributed by atoms with Gasteiger partial charge in [-0.1, -0.05) is 23.2 Å². The Balaban J connectivity index is 1.66. The van der Waals surface area contributed by atoms with Crippen LogP contribution in [0.15, 0.2) is 48.5 Å². The number of non-ortho nitro benzene ring substituents is 1. The fourth-order valence-electron chi connectivity index (χ4n) is 4.91. The summed E-state index contributed by atoms with van der Waals surface area (Å²) < 4.78 is 16.3. The van der Waals surface area contributed by atoms with Crippen LogP contribution in [-0.2, 0) is 4.79 Å². The van der Waals surface area contributed by atoms with Crippen molar-refractivity contribution in [2.75, 3.05) is 26.2 Å². The van der Waals surface area contributed by atoms with Gasteiger partial charge in [-0.05, 0) is 42.0 Å². The van der Waals surface area contributed by atoms with Gasteiger partial charge >= 0.3 is 0 Å². The molecule has 0 radical (unpaired) electrons. The number of carbonyl (C=O) groups excluding carboxylic acids is 3. The molecule has 2 aliphatic rings. The molecule has 1 saturated heterocycles. The van der Waals surface area contributed by atoms with Gasteiger partial charge in [-0.25, -0.2) is 0 Å². The molecule has 39 heavy (non-hydrogen) atoms. The van der Waals surface area contributed by atoms with Crippen LogP contribution >= 0.6 is 23.2 Å². The van der Waals surface area contributed by atoms with Crippen molar-refractivity contribution in [3.63, 3.8) is 0 Å². The Kier molecular flexibility index (Phi) is 6.57. The monoisotopic (exact) mass is 571 g/mol. The molecule has 0 saturated carbocycles. The minimum atomic E-state index is -1.29. The molecule has 0 N–H and O–H groups in total. The van der Waals surface area contributed by atoms with E-state index in [2.05, 4.69) is 0 Å². The Morgan fingerprint density at radius 1 is 0.769 bits per heavy atom. The maximum atomic E-state index is 13.7. The predicted octanol–water partition coefficient (Wildman–Crippen LogP) is 4.68. The van der Waals surface area contributed by atoms with E-state index in [0.29, 0.717) is 17.0 Å². The van der Waals surface area contributed by atoms with Gasteiger partial charge in [0.05, 0.1) is 43.4 Å². The number of hydrogen-bond donors (Lipinski definition) is 0. The maximum absolute atomic E-state index is 13.7. The summed E-state index contributed by atoms with van der Waals surface area (Å²) in [5.74, 6) is -1.28. The molecule has 13 heteroatoms. The van der Waals surface area contributed by atoms with Crippen molar-refractivity contribution < 1.29 is 33.5 Å². The molecule has 5 rings (SSSR count). The van der Waals surface area contributed by atoms with Gasteiger partial charge in [-0.2, -0.15) is 0 Å². The third-order valence-corrected chi connectivity index (χ3v) is 7.05. The smallest absolute Gasteiger partial charge is 0.270 e. The average Bonchev–Trinajstić information content (AvgIpc) is 3.14. The number of hydrogen-bond acceptors (Lipinski definition) is 8. The summed E-state index contributed by atoms with van der Waals surface area (Å²) in [4.78, 5) is 53.3. The van der Waals surface area contributed by atoms with Gasteiger partial charge < -0.3 is 19.1 Å². The van der Waals surface area contributed by atoms with Crippen molar-refractivity contribution in [2.24, 2.45) is 0 Å². The second-order valence-corrected chi connectivity index (χ2v) is 9.52. The van der Waals surface area contributed by atoms with Crippen molar-refractivity contribution in [3.05, 3.63) is 85.4 Å². The van der Waals surface area contributed by atoms with Gasteiger partial charge in [0.25, 0.3) is 23.4 Å². The number of imide groups is 1. The fraction of sp³-hybridized carbons (Fsp3) is 0.192. The lowest BCUT2D eigenvalue weighted by Crippen LogP contribution is -2.67. The van der Waals surface area contributed by atoms with Gasteiger partial charge in [-0.3, -0.25) is 29.4 Å². The van der Waals surface area contributed by atoms with Gasteiger partial charge in [0.1, 0.15) is 6.04 Å². The second kappa shape index (κ2) is 9.75. The zero-order chi connectivity index (χ0) is 28.2. The zero-order valence-electron chi connectivity index (χ0n) is 20.6. The molecule has 0 aliphatic carbocycles. The van der Waals surface area contributed by atoms with Crippen LogP contribution in [0.3, 0.4) is 0 Å². The highest BCUT2D eigenvalue weighted by atomic mass is 35.5. The molecule has 11 nitrogen and oxygen atoms in total. The van der Waals surface area contributed by atoms with E-state index < -0.39 is 34.7 Å². The topological polar surface area (TPSA) is 129 Å². The third-order valence-electron chi connectivity index (χ3n) is 6.61. The van der Waals surface area contributed by atoms with Crippen molar-refractivity contribution in [1.29, 1.82) is 0 Å². The summed E-state index contributed by atoms with van der Waals surface area (Å²) in [6.45, 7) is 0. The van der Waals surface area contributed by atoms with E-state index in [1.54, 1.807) is 12.1 Å². The van der Waals surface area contributed by atoms with Gasteiger partial charge in [0.2, 0.25) is 5.75 Å². The SMILES string of the molecule is COc1cc([C@@H]2[C@@H](N3C(=O)c4ccc([N+](=O)[O-])cc4C3=O)C(=O)N2c2cc(Cl)cc(Cl)c2)cc(OC)c1OC. The Morgan fingerprint density at radius 3 is 1.90 bits per heavy atom. The first kappa shape index (κ1) is 26.3. The van der Waals surface area contributed by atoms with Gasteiger partial charge in [0, 0.05) is 27.9 Å². The van der Waals surface area contributed by atoms with Gasteiger partial charge in [0.15, 0.2) is 11.5 Å². The number of amides is 3. The highest BCUT2D eigenvalue weighted by Gasteiger charge is 2.58. The molecule has 1 fully saturated rings. The van der Waals surface area contributed by atoms with E-state index in [4.69, 9.17) is 37.4 Å². The Labute approximate surface area is 231 Å². The highest BCUT2D eigenvalue weighted by molar-refractivity contribution is 6.35. The molecule has 3 amide bonds. The van der Waals surface area contributed by atoms with Crippen LogP contribution in [0, 0.1) is 10.1 Å². The third kappa shape index (κ3) is 4.10. The minimum Gasteiger partial charge on any atom is -0.493 e. The number of nitro benzene ring substituents is 1. The normalized spacial score (nSPS) is 18.1. The average molecular weight is 572 g/mol. The molecule has 0 bridgehead atoms. The number of rotatable bonds is 7. The summed E-state index contributed by atoms with van der Waals surface area (Å²) in [5, 5.41) is 11.8. The molecule has 2 aliphatic heterocycles. The van der Waals surface area contributed by atoms with Crippen molar-refractivity contribution in [1.82, 2.24) is 4.90 Å². The van der Waals surface area contributed by atoms with Crippen LogP contribution in [0.25, 0.3) is 0 Å². The van der Waals surface area contributed by atoms with Crippen molar-refractivity contribution in [2.45, 2.75) is 12.1 Å². The fourth-order valence-corrected chi connectivity index (χ4v) is 5.42. The molecular formula is C26H19Cl2N3O8. The van der Waals surface area contributed by atoms with Crippen LogP contribution in [0.2, 0.25) is 10.0 Å². The first-order valence-electron chi connectivity index (χ1n) is 11.4. The summed E-state index contributed by atoms with van der Waals surface area (Å²) in [7, 11) is 4.29. The first-order valence-corrected chi connectivity index (χ1v) is 12.1. The molecule has 200 valence electrons. The number of ether oxygens (including phenoxy) is 3. The molecule has 3 aromatic carbocycles. The lowest BCUT2D eigenvalue weighted by atomic mass is 9.86. The lowest BCUT2D eigenvalue weighted by molar-refractivity contribution is -0.384. The molecule has 0 aromatic heterocycles. The number of nitro groups is 1. The Hall–Kier alpha value is -4.35. The number of anilines is 1. The molecule has 3 aromatic rings. The molecule has 0 unspecified atom stereocenters. The summed E-state index contributed by atoms with van der Waals surface area (Å²) in [5.41, 5.74) is 0.238. The van der Waals surface area contributed by atoms with Crippen LogP contribution in [0.1, 0.15) is 32.3 Å². The molecule has 2 atom stereocenters. The van der Waals surface area contributed by atoms with E-state index in [-0.39, 0.29) is 38.4 Å².